The molecule has 0 radical (unpaired) electrons. The van der Waals surface area contributed by atoms with E-state index in [2.05, 4.69) is 71.3 Å². The first-order chi connectivity index (χ1) is 14.8. The number of benzene rings is 3. The van der Waals surface area contributed by atoms with Crippen LogP contribution in [0.15, 0.2) is 84.9 Å². The predicted octanol–water partition coefficient (Wildman–Crippen LogP) is 5.16. The van der Waals surface area contributed by atoms with Crippen LogP contribution in [-0.2, 0) is 6.42 Å². The molecule has 3 heteroatoms. The smallest absolute Gasteiger partial charge is 0.123 e. The Morgan fingerprint density at radius 3 is 1.93 bits per heavy atom. The number of nitrogens with one attached hydrogen (secondary N) is 2. The van der Waals surface area contributed by atoms with E-state index in [9.17, 15) is 4.39 Å². The molecule has 1 aliphatic heterocycles. The van der Waals surface area contributed by atoms with Gasteiger partial charge >= 0.3 is 0 Å². The van der Waals surface area contributed by atoms with Crippen molar-refractivity contribution in [2.45, 2.75) is 31.2 Å². The molecule has 0 bridgehead atoms. The van der Waals surface area contributed by atoms with Crippen molar-refractivity contribution >= 4 is 0 Å². The molecule has 1 heterocycles. The minimum Gasteiger partial charge on any atom is -0.317 e. The molecule has 1 fully saturated rings. The summed E-state index contributed by atoms with van der Waals surface area (Å²) in [6.45, 7) is 3.05. The molecule has 0 aromatic heterocycles. The molecule has 1 aliphatic rings. The Morgan fingerprint density at radius 1 is 0.800 bits per heavy atom. The summed E-state index contributed by atoms with van der Waals surface area (Å²) in [6, 6.07) is 28.9. The van der Waals surface area contributed by atoms with Gasteiger partial charge in [-0.3, -0.25) is 0 Å². The van der Waals surface area contributed by atoms with Gasteiger partial charge in [-0.1, -0.05) is 72.8 Å². The molecule has 1 atom stereocenters. The first-order valence-corrected chi connectivity index (χ1v) is 11.1. The Bertz CT molecular complexity index is 834. The Morgan fingerprint density at radius 2 is 1.37 bits per heavy atom. The molecule has 2 nitrogen and oxygen atoms in total. The highest BCUT2D eigenvalue weighted by atomic mass is 19.1. The van der Waals surface area contributed by atoms with Crippen LogP contribution in [0.5, 0.6) is 0 Å². The quantitative estimate of drug-likeness (QED) is 0.544. The van der Waals surface area contributed by atoms with Crippen molar-refractivity contribution < 1.29 is 4.39 Å². The molecule has 0 aliphatic carbocycles. The van der Waals surface area contributed by atoms with Crippen LogP contribution in [0.25, 0.3) is 0 Å². The molecule has 4 rings (SSSR count). The van der Waals surface area contributed by atoms with Gasteiger partial charge in [-0.2, -0.15) is 0 Å². The normalized spacial score (nSPS) is 15.9. The maximum atomic E-state index is 13.4. The number of piperidine rings is 1. The zero-order chi connectivity index (χ0) is 20.6. The highest BCUT2D eigenvalue weighted by molar-refractivity contribution is 5.33. The van der Waals surface area contributed by atoms with E-state index in [1.165, 1.54) is 29.5 Å². The zero-order valence-corrected chi connectivity index (χ0v) is 17.4. The number of rotatable bonds is 8. The van der Waals surface area contributed by atoms with Crippen LogP contribution in [0.2, 0.25) is 0 Å². The fraction of sp³-hybridized carbons (Fsp3) is 0.333. The molecule has 30 heavy (non-hydrogen) atoms. The third-order valence-corrected chi connectivity index (χ3v) is 6.31. The monoisotopic (exact) mass is 402 g/mol. The van der Waals surface area contributed by atoms with Crippen LogP contribution >= 0.6 is 0 Å². The van der Waals surface area contributed by atoms with Crippen molar-refractivity contribution in [3.63, 3.8) is 0 Å². The molecule has 3 aromatic rings. The largest absolute Gasteiger partial charge is 0.317 e. The summed E-state index contributed by atoms with van der Waals surface area (Å²) in [5.41, 5.74) is 3.87. The van der Waals surface area contributed by atoms with Gasteiger partial charge in [0.25, 0.3) is 0 Å². The second-order valence-electron chi connectivity index (χ2n) is 8.31. The number of halogens is 1. The Kier molecular flexibility index (Phi) is 7.28. The zero-order valence-electron chi connectivity index (χ0n) is 17.4. The van der Waals surface area contributed by atoms with Gasteiger partial charge in [0.2, 0.25) is 0 Å². The van der Waals surface area contributed by atoms with Gasteiger partial charge in [0.05, 0.1) is 0 Å². The van der Waals surface area contributed by atoms with Gasteiger partial charge in [0.1, 0.15) is 5.82 Å². The van der Waals surface area contributed by atoms with Crippen molar-refractivity contribution in [2.75, 3.05) is 19.6 Å². The summed E-state index contributed by atoms with van der Waals surface area (Å²) >= 11 is 0. The molecule has 2 N–H and O–H groups in total. The maximum absolute atomic E-state index is 13.4. The average molecular weight is 403 g/mol. The summed E-state index contributed by atoms with van der Waals surface area (Å²) in [5.74, 6) is 0.770. The van der Waals surface area contributed by atoms with Gasteiger partial charge in [0.15, 0.2) is 0 Å². The van der Waals surface area contributed by atoms with Crippen LogP contribution in [0.4, 0.5) is 4.39 Å². The van der Waals surface area contributed by atoms with Crippen molar-refractivity contribution in [2.24, 2.45) is 5.92 Å². The molecule has 0 amide bonds. The lowest BCUT2D eigenvalue weighted by molar-refractivity contribution is 0.276. The van der Waals surface area contributed by atoms with Crippen LogP contribution in [0.1, 0.15) is 35.4 Å². The van der Waals surface area contributed by atoms with Crippen molar-refractivity contribution in [1.29, 1.82) is 0 Å². The molecular weight excluding hydrogens is 371 g/mol. The summed E-state index contributed by atoms with van der Waals surface area (Å²) in [6.07, 6.45) is 3.29. The second-order valence-corrected chi connectivity index (χ2v) is 8.31. The lowest BCUT2D eigenvalue weighted by Crippen LogP contribution is -2.44. The molecule has 0 spiro atoms. The minimum atomic E-state index is -0.168. The minimum absolute atomic E-state index is 0.168. The predicted molar refractivity (Wildman–Crippen MR) is 122 cm³/mol. The Balaban J connectivity index is 1.53. The van der Waals surface area contributed by atoms with Crippen molar-refractivity contribution in [3.05, 3.63) is 107 Å². The first-order valence-electron chi connectivity index (χ1n) is 11.1. The molecule has 156 valence electrons. The summed E-state index contributed by atoms with van der Waals surface area (Å²) in [7, 11) is 0. The van der Waals surface area contributed by atoms with Gasteiger partial charge in [-0.15, -0.1) is 0 Å². The van der Waals surface area contributed by atoms with Crippen LogP contribution < -0.4 is 10.6 Å². The Hall–Kier alpha value is -2.49. The van der Waals surface area contributed by atoms with E-state index in [1.54, 1.807) is 12.1 Å². The fourth-order valence-corrected chi connectivity index (χ4v) is 4.59. The second kappa shape index (κ2) is 10.5. The van der Waals surface area contributed by atoms with E-state index in [1.807, 2.05) is 12.1 Å². The third-order valence-electron chi connectivity index (χ3n) is 6.31. The van der Waals surface area contributed by atoms with Crippen molar-refractivity contribution in [1.82, 2.24) is 10.6 Å². The summed E-state index contributed by atoms with van der Waals surface area (Å²) < 4.78 is 13.4. The van der Waals surface area contributed by atoms with Gasteiger partial charge < -0.3 is 10.6 Å². The number of hydrogen-bond acceptors (Lipinski definition) is 2. The standard InChI is InChI=1S/C27H31FN2/c28-25-13-11-21(12-14-25)19-27(24-15-17-29-18-16-24)30-20-26(22-7-3-1-4-8-22)23-9-5-2-6-10-23/h1-14,24,26-27,29-30H,15-20H2. The van der Waals surface area contributed by atoms with E-state index in [0.29, 0.717) is 17.9 Å². The lowest BCUT2D eigenvalue weighted by Gasteiger charge is -2.33. The van der Waals surface area contributed by atoms with Gasteiger partial charge in [0, 0.05) is 18.5 Å². The van der Waals surface area contributed by atoms with Gasteiger partial charge in [-0.05, 0) is 67.1 Å². The molecule has 1 unspecified atom stereocenters. The summed E-state index contributed by atoms with van der Waals surface area (Å²) in [5, 5.41) is 7.41. The fourth-order valence-electron chi connectivity index (χ4n) is 4.59. The summed E-state index contributed by atoms with van der Waals surface area (Å²) in [4.78, 5) is 0. The molecule has 0 saturated carbocycles. The van der Waals surface area contributed by atoms with E-state index >= 15 is 0 Å². The van der Waals surface area contributed by atoms with Crippen LogP contribution in [-0.4, -0.2) is 25.7 Å². The van der Waals surface area contributed by atoms with Crippen LogP contribution in [0.3, 0.4) is 0 Å². The lowest BCUT2D eigenvalue weighted by atomic mass is 9.85. The Labute approximate surface area is 179 Å². The first kappa shape index (κ1) is 20.8. The molecular formula is C27H31FN2. The van der Waals surface area contributed by atoms with Gasteiger partial charge in [-0.25, -0.2) is 4.39 Å². The van der Waals surface area contributed by atoms with Crippen molar-refractivity contribution in [3.8, 4) is 0 Å². The van der Waals surface area contributed by atoms with E-state index < -0.39 is 0 Å². The molecule has 1 saturated heterocycles. The number of hydrogen-bond donors (Lipinski definition) is 2. The maximum Gasteiger partial charge on any atom is 0.123 e. The highest BCUT2D eigenvalue weighted by Gasteiger charge is 2.25. The average Bonchev–Trinajstić information content (AvgIpc) is 2.82. The topological polar surface area (TPSA) is 24.1 Å². The van der Waals surface area contributed by atoms with E-state index in [-0.39, 0.29) is 5.82 Å². The van der Waals surface area contributed by atoms with E-state index in [4.69, 9.17) is 0 Å². The highest BCUT2D eigenvalue weighted by Crippen LogP contribution is 2.26. The van der Waals surface area contributed by atoms with E-state index in [0.717, 1.165) is 26.1 Å². The SMILES string of the molecule is Fc1ccc(CC(NCC(c2ccccc2)c2ccccc2)C2CCNCC2)cc1. The molecule has 3 aromatic carbocycles. The van der Waals surface area contributed by atoms with Crippen LogP contribution in [0, 0.1) is 11.7 Å². The third kappa shape index (κ3) is 5.56.